The number of allylic oxidation sites excluding steroid dienone is 1. The van der Waals surface area contributed by atoms with E-state index in [2.05, 4.69) is 15.6 Å². The van der Waals surface area contributed by atoms with Crippen molar-refractivity contribution < 1.29 is 4.79 Å². The van der Waals surface area contributed by atoms with Gasteiger partial charge in [-0.25, -0.2) is 0 Å². The van der Waals surface area contributed by atoms with Gasteiger partial charge in [0.15, 0.2) is 0 Å². The van der Waals surface area contributed by atoms with Crippen molar-refractivity contribution in [2.24, 2.45) is 0 Å². The van der Waals surface area contributed by atoms with Gasteiger partial charge in [0.05, 0.1) is 17.5 Å². The molecule has 4 N–H and O–H groups in total. The maximum absolute atomic E-state index is 12.1. The first-order chi connectivity index (χ1) is 9.65. The van der Waals surface area contributed by atoms with Crippen LogP contribution in [0.25, 0.3) is 5.57 Å². The Bertz CT molecular complexity index is 707. The lowest BCUT2D eigenvalue weighted by molar-refractivity contribution is -0.110. The predicted octanol–water partition coefficient (Wildman–Crippen LogP) is 2.46. The Morgan fingerprint density at radius 1 is 1.35 bits per heavy atom. The van der Waals surface area contributed by atoms with E-state index in [9.17, 15) is 4.79 Å². The zero-order chi connectivity index (χ0) is 14.1. The second-order valence-corrected chi connectivity index (χ2v) is 4.63. The third-order valence-corrected chi connectivity index (χ3v) is 3.16. The molecule has 2 heterocycles. The van der Waals surface area contributed by atoms with Crippen molar-refractivity contribution >= 4 is 28.5 Å². The van der Waals surface area contributed by atoms with E-state index in [1.165, 1.54) is 0 Å². The van der Waals surface area contributed by atoms with Crippen LogP contribution in [-0.4, -0.2) is 10.9 Å². The Kier molecular flexibility index (Phi) is 2.87. The summed E-state index contributed by atoms with van der Waals surface area (Å²) in [6, 6.07) is 9.11. The first-order valence-electron chi connectivity index (χ1n) is 6.24. The van der Waals surface area contributed by atoms with E-state index in [1.807, 2.05) is 25.1 Å². The monoisotopic (exact) mass is 266 g/mol. The molecule has 1 aromatic carbocycles. The van der Waals surface area contributed by atoms with Crippen LogP contribution in [0.1, 0.15) is 12.5 Å². The highest BCUT2D eigenvalue weighted by Gasteiger charge is 2.26. The van der Waals surface area contributed by atoms with E-state index >= 15 is 0 Å². The number of benzene rings is 1. The van der Waals surface area contributed by atoms with Crippen molar-refractivity contribution in [1.29, 1.82) is 0 Å². The summed E-state index contributed by atoms with van der Waals surface area (Å²) in [6.45, 7) is 1.86. The molecule has 1 amide bonds. The molecule has 1 aliphatic heterocycles. The summed E-state index contributed by atoms with van der Waals surface area (Å²) in [5.41, 5.74) is 10.2. The maximum Gasteiger partial charge on any atom is 0.258 e. The topological polar surface area (TPSA) is 80.0 Å². The summed E-state index contributed by atoms with van der Waals surface area (Å²) in [7, 11) is 0. The number of hydrogen-bond donors (Lipinski definition) is 3. The summed E-state index contributed by atoms with van der Waals surface area (Å²) < 4.78 is 0. The lowest BCUT2D eigenvalue weighted by Crippen LogP contribution is -2.08. The van der Waals surface area contributed by atoms with Crippen molar-refractivity contribution in [3.05, 3.63) is 54.0 Å². The van der Waals surface area contributed by atoms with E-state index in [4.69, 9.17) is 5.73 Å². The summed E-state index contributed by atoms with van der Waals surface area (Å²) >= 11 is 0. The van der Waals surface area contributed by atoms with Crippen LogP contribution >= 0.6 is 0 Å². The molecule has 0 saturated heterocycles. The number of amides is 1. The Morgan fingerprint density at radius 2 is 2.20 bits per heavy atom. The molecule has 0 unspecified atom stereocenters. The number of fused-ring (bicyclic) bond motifs is 1. The van der Waals surface area contributed by atoms with Gasteiger partial charge in [0, 0.05) is 28.8 Å². The third-order valence-electron chi connectivity index (χ3n) is 3.16. The minimum atomic E-state index is -0.125. The normalized spacial score (nSPS) is 15.6. The molecule has 0 bridgehead atoms. The van der Waals surface area contributed by atoms with Crippen molar-refractivity contribution in [3.8, 4) is 0 Å². The Labute approximate surface area is 116 Å². The zero-order valence-corrected chi connectivity index (χ0v) is 11.0. The van der Waals surface area contributed by atoms with Gasteiger partial charge in [-0.3, -0.25) is 9.78 Å². The van der Waals surface area contributed by atoms with Gasteiger partial charge < -0.3 is 16.4 Å². The molecule has 0 spiro atoms. The summed E-state index contributed by atoms with van der Waals surface area (Å²) in [5, 5.41) is 6.02. The summed E-state index contributed by atoms with van der Waals surface area (Å²) in [5.74, 6) is -0.125. The Hall–Kier alpha value is -2.82. The van der Waals surface area contributed by atoms with Crippen molar-refractivity contribution in [2.45, 2.75) is 6.92 Å². The van der Waals surface area contributed by atoms with Gasteiger partial charge in [-0.2, -0.15) is 0 Å². The molecule has 0 atom stereocenters. The van der Waals surface area contributed by atoms with Crippen molar-refractivity contribution in [2.75, 3.05) is 16.4 Å². The summed E-state index contributed by atoms with van der Waals surface area (Å²) in [4.78, 5) is 16.1. The Balaban J connectivity index is 2.03. The number of anilines is 3. The molecule has 0 radical (unpaired) electrons. The van der Waals surface area contributed by atoms with Gasteiger partial charge in [-0.1, -0.05) is 0 Å². The van der Waals surface area contributed by atoms with E-state index in [-0.39, 0.29) is 5.91 Å². The average Bonchev–Trinajstić information content (AvgIpc) is 2.75. The molecule has 20 heavy (non-hydrogen) atoms. The molecule has 100 valence electrons. The van der Waals surface area contributed by atoms with Crippen LogP contribution in [0, 0.1) is 0 Å². The van der Waals surface area contributed by atoms with Gasteiger partial charge in [0.25, 0.3) is 5.91 Å². The van der Waals surface area contributed by atoms with Crippen LogP contribution in [0.2, 0.25) is 0 Å². The van der Waals surface area contributed by atoms with Gasteiger partial charge in [-0.15, -0.1) is 0 Å². The largest absolute Gasteiger partial charge is 0.399 e. The van der Waals surface area contributed by atoms with Crippen LogP contribution in [-0.2, 0) is 4.79 Å². The number of nitrogens with zero attached hydrogens (tertiary/aromatic N) is 1. The van der Waals surface area contributed by atoms with Gasteiger partial charge in [0.1, 0.15) is 0 Å². The molecule has 5 nitrogen and oxygen atoms in total. The number of nitrogens with one attached hydrogen (secondary N) is 2. The van der Waals surface area contributed by atoms with E-state index in [0.29, 0.717) is 11.3 Å². The number of carbonyl (C=O) groups is 1. The SMILES string of the molecule is C/C(Nc1cccnc1)=C1/C(=O)Nc2ccc(N)cc21. The lowest BCUT2D eigenvalue weighted by Gasteiger charge is -2.09. The van der Waals surface area contributed by atoms with E-state index < -0.39 is 0 Å². The first kappa shape index (κ1) is 12.2. The molecule has 0 aliphatic carbocycles. The highest BCUT2D eigenvalue weighted by Crippen LogP contribution is 2.35. The molecule has 0 saturated carbocycles. The standard InChI is InChI=1S/C15H14N4O/c1-9(18-11-3-2-6-17-8-11)14-12-7-10(16)4-5-13(12)19-15(14)20/h2-8,18H,16H2,1H3,(H,19,20)/b14-9-. The minimum absolute atomic E-state index is 0.125. The number of hydrogen-bond acceptors (Lipinski definition) is 4. The Morgan fingerprint density at radius 3 is 2.95 bits per heavy atom. The van der Waals surface area contributed by atoms with Crippen LogP contribution in [0.3, 0.4) is 0 Å². The number of rotatable bonds is 2. The second-order valence-electron chi connectivity index (χ2n) is 4.63. The molecule has 1 aromatic heterocycles. The predicted molar refractivity (Wildman–Crippen MR) is 79.9 cm³/mol. The zero-order valence-electron chi connectivity index (χ0n) is 11.0. The fourth-order valence-corrected chi connectivity index (χ4v) is 2.27. The van der Waals surface area contributed by atoms with Crippen LogP contribution in [0.4, 0.5) is 17.1 Å². The van der Waals surface area contributed by atoms with Gasteiger partial charge >= 0.3 is 0 Å². The highest BCUT2D eigenvalue weighted by atomic mass is 16.2. The maximum atomic E-state index is 12.1. The number of nitrogens with two attached hydrogens (primary N) is 1. The van der Waals surface area contributed by atoms with Crippen LogP contribution in [0.15, 0.2) is 48.4 Å². The fourth-order valence-electron chi connectivity index (χ4n) is 2.27. The van der Waals surface area contributed by atoms with Crippen molar-refractivity contribution in [3.63, 3.8) is 0 Å². The molecular formula is C15H14N4O. The quantitative estimate of drug-likeness (QED) is 0.576. The lowest BCUT2D eigenvalue weighted by atomic mass is 10.0. The number of nitrogen functional groups attached to an aromatic ring is 1. The van der Waals surface area contributed by atoms with E-state index in [0.717, 1.165) is 22.6 Å². The molecule has 5 heteroatoms. The average molecular weight is 266 g/mol. The first-order valence-corrected chi connectivity index (χ1v) is 6.24. The molecule has 3 rings (SSSR count). The third kappa shape index (κ3) is 2.09. The van der Waals surface area contributed by atoms with Crippen LogP contribution in [0.5, 0.6) is 0 Å². The molecule has 2 aromatic rings. The number of aromatic nitrogens is 1. The smallest absolute Gasteiger partial charge is 0.258 e. The molecular weight excluding hydrogens is 252 g/mol. The fraction of sp³-hybridized carbons (Fsp3) is 0.0667. The number of pyridine rings is 1. The van der Waals surface area contributed by atoms with Crippen LogP contribution < -0.4 is 16.4 Å². The number of carbonyl (C=O) groups excluding carboxylic acids is 1. The minimum Gasteiger partial charge on any atom is -0.399 e. The second kappa shape index (κ2) is 4.70. The van der Waals surface area contributed by atoms with Crippen molar-refractivity contribution in [1.82, 2.24) is 4.98 Å². The van der Waals surface area contributed by atoms with E-state index in [1.54, 1.807) is 24.5 Å². The highest BCUT2D eigenvalue weighted by molar-refractivity contribution is 6.32. The molecule has 0 fully saturated rings. The van der Waals surface area contributed by atoms with Gasteiger partial charge in [0.2, 0.25) is 0 Å². The molecule has 1 aliphatic rings. The summed E-state index contributed by atoms with van der Waals surface area (Å²) in [6.07, 6.45) is 3.41. The van der Waals surface area contributed by atoms with Gasteiger partial charge in [-0.05, 0) is 37.3 Å².